The molecule has 1 amide bonds. The largest absolute Gasteiger partial charge is 0.507 e. The molecule has 2 aromatic heterocycles. The SMILES string of the molecule is CCOC(=O)c1[nH]c(C)c(/C(O)=C2\C(=O)C(=O)N(Cc3cccnc3)[C@H]2c2ccccc2F)c1C. The zero-order chi connectivity index (χ0) is 25.3. The summed E-state index contributed by atoms with van der Waals surface area (Å²) in [6.07, 6.45) is 3.12. The fraction of sp³-hybridized carbons (Fsp3) is 0.231. The third-order valence-electron chi connectivity index (χ3n) is 5.97. The van der Waals surface area contributed by atoms with Crippen LogP contribution in [0.3, 0.4) is 0 Å². The van der Waals surface area contributed by atoms with Crippen molar-refractivity contribution in [1.82, 2.24) is 14.9 Å². The van der Waals surface area contributed by atoms with Crippen molar-refractivity contribution in [2.75, 3.05) is 6.61 Å². The highest BCUT2D eigenvalue weighted by Gasteiger charge is 2.47. The molecule has 0 bridgehead atoms. The molecule has 4 rings (SSSR count). The molecule has 3 heterocycles. The maximum atomic E-state index is 15.0. The van der Waals surface area contributed by atoms with Crippen LogP contribution < -0.4 is 0 Å². The van der Waals surface area contributed by atoms with Gasteiger partial charge in [-0.2, -0.15) is 0 Å². The van der Waals surface area contributed by atoms with Crippen LogP contribution in [0.5, 0.6) is 0 Å². The van der Waals surface area contributed by atoms with Gasteiger partial charge in [-0.15, -0.1) is 0 Å². The molecule has 0 spiro atoms. The van der Waals surface area contributed by atoms with Gasteiger partial charge in [0.05, 0.1) is 18.2 Å². The number of benzene rings is 1. The Morgan fingerprint density at radius 3 is 2.60 bits per heavy atom. The van der Waals surface area contributed by atoms with Gasteiger partial charge in [-0.25, -0.2) is 9.18 Å². The number of hydrogen-bond donors (Lipinski definition) is 2. The van der Waals surface area contributed by atoms with Crippen molar-refractivity contribution < 1.29 is 28.6 Å². The standard InChI is InChI=1S/C26H24FN3O5/c1-4-35-26(34)21-14(2)19(15(3)29-21)23(31)20-22(17-9-5-6-10-18(17)27)30(25(33)24(20)32)13-16-8-7-11-28-12-16/h5-12,22,29,31H,4,13H2,1-3H3/b23-20+/t22-/m0/s1. The number of esters is 1. The summed E-state index contributed by atoms with van der Waals surface area (Å²) in [5.74, 6) is -3.56. The monoisotopic (exact) mass is 477 g/mol. The van der Waals surface area contributed by atoms with Gasteiger partial charge in [-0.05, 0) is 44.0 Å². The van der Waals surface area contributed by atoms with Gasteiger partial charge in [0.2, 0.25) is 0 Å². The van der Waals surface area contributed by atoms with E-state index in [1.807, 2.05) is 0 Å². The van der Waals surface area contributed by atoms with Crippen LogP contribution in [-0.2, 0) is 20.9 Å². The number of aliphatic hydroxyl groups excluding tert-OH is 1. The molecule has 9 heteroatoms. The number of ketones is 1. The zero-order valence-electron chi connectivity index (χ0n) is 19.5. The maximum absolute atomic E-state index is 15.0. The van der Waals surface area contributed by atoms with Crippen LogP contribution in [-0.4, -0.2) is 44.2 Å². The zero-order valence-corrected chi connectivity index (χ0v) is 19.5. The molecule has 0 saturated carbocycles. The number of aliphatic hydroxyl groups is 1. The molecule has 3 aromatic rings. The van der Waals surface area contributed by atoms with Crippen molar-refractivity contribution in [2.45, 2.75) is 33.4 Å². The van der Waals surface area contributed by atoms with E-state index in [0.29, 0.717) is 16.8 Å². The molecule has 1 fully saturated rings. The van der Waals surface area contributed by atoms with E-state index in [1.54, 1.807) is 51.4 Å². The smallest absolute Gasteiger partial charge is 0.355 e. The fourth-order valence-corrected chi connectivity index (χ4v) is 4.40. The average Bonchev–Trinajstić information content (AvgIpc) is 3.27. The third kappa shape index (κ3) is 4.21. The Morgan fingerprint density at radius 1 is 1.20 bits per heavy atom. The number of nitrogens with one attached hydrogen (secondary N) is 1. The molecule has 1 aliphatic heterocycles. The molecular formula is C26H24FN3O5. The number of nitrogens with zero attached hydrogens (tertiary/aromatic N) is 2. The Labute approximate surface area is 201 Å². The number of H-pyrrole nitrogens is 1. The van der Waals surface area contributed by atoms with Crippen LogP contribution in [0.2, 0.25) is 0 Å². The number of carbonyl (C=O) groups excluding carboxylic acids is 3. The van der Waals surface area contributed by atoms with E-state index in [2.05, 4.69) is 9.97 Å². The summed E-state index contributed by atoms with van der Waals surface area (Å²) in [6, 6.07) is 8.02. The average molecular weight is 477 g/mol. The van der Waals surface area contributed by atoms with Gasteiger partial charge in [0, 0.05) is 35.8 Å². The number of pyridine rings is 1. The molecule has 1 aromatic carbocycles. The number of amides is 1. The lowest BCUT2D eigenvalue weighted by Gasteiger charge is -2.25. The lowest BCUT2D eigenvalue weighted by atomic mass is 9.93. The minimum Gasteiger partial charge on any atom is -0.507 e. The molecule has 1 saturated heterocycles. The molecule has 0 aliphatic carbocycles. The number of likely N-dealkylation sites (tertiary alicyclic amines) is 1. The first kappa shape index (κ1) is 23.9. The van der Waals surface area contributed by atoms with Crippen molar-refractivity contribution in [3.05, 3.63) is 93.8 Å². The van der Waals surface area contributed by atoms with E-state index < -0.39 is 35.3 Å². The number of aryl methyl sites for hydroxylation is 1. The van der Waals surface area contributed by atoms with E-state index in [1.165, 1.54) is 23.1 Å². The van der Waals surface area contributed by atoms with Crippen molar-refractivity contribution >= 4 is 23.4 Å². The van der Waals surface area contributed by atoms with Crippen molar-refractivity contribution in [2.24, 2.45) is 0 Å². The Balaban J connectivity index is 1.91. The minimum atomic E-state index is -1.18. The van der Waals surface area contributed by atoms with Gasteiger partial charge in [0.15, 0.2) is 0 Å². The Morgan fingerprint density at radius 2 is 1.94 bits per heavy atom. The van der Waals surface area contributed by atoms with E-state index in [0.717, 1.165) is 0 Å². The van der Waals surface area contributed by atoms with Gasteiger partial charge >= 0.3 is 5.97 Å². The number of carbonyl (C=O) groups is 3. The highest BCUT2D eigenvalue weighted by molar-refractivity contribution is 6.46. The van der Waals surface area contributed by atoms with Crippen LogP contribution in [0, 0.1) is 19.7 Å². The van der Waals surface area contributed by atoms with E-state index >= 15 is 0 Å². The highest BCUT2D eigenvalue weighted by Crippen LogP contribution is 2.42. The van der Waals surface area contributed by atoms with Crippen molar-refractivity contribution in [1.29, 1.82) is 0 Å². The second-order valence-electron chi connectivity index (χ2n) is 8.16. The third-order valence-corrected chi connectivity index (χ3v) is 5.97. The molecule has 8 nitrogen and oxygen atoms in total. The minimum absolute atomic E-state index is 0.0205. The van der Waals surface area contributed by atoms with Crippen molar-refractivity contribution in [3.8, 4) is 0 Å². The predicted octanol–water partition coefficient (Wildman–Crippen LogP) is 3.96. The maximum Gasteiger partial charge on any atom is 0.355 e. The number of aromatic nitrogens is 2. The number of rotatable bonds is 6. The molecule has 2 N–H and O–H groups in total. The Kier molecular flexibility index (Phi) is 6.50. The molecule has 0 unspecified atom stereocenters. The summed E-state index contributed by atoms with van der Waals surface area (Å²) >= 11 is 0. The molecular weight excluding hydrogens is 453 g/mol. The topological polar surface area (TPSA) is 113 Å². The lowest BCUT2D eigenvalue weighted by Crippen LogP contribution is -2.29. The molecule has 1 aliphatic rings. The first-order valence-electron chi connectivity index (χ1n) is 11.0. The Bertz CT molecular complexity index is 1350. The van der Waals surface area contributed by atoms with E-state index in [4.69, 9.17) is 4.74 Å². The van der Waals surface area contributed by atoms with Gasteiger partial charge in [-0.1, -0.05) is 24.3 Å². The second-order valence-corrected chi connectivity index (χ2v) is 8.16. The van der Waals surface area contributed by atoms with Gasteiger partial charge in [0.25, 0.3) is 11.7 Å². The first-order chi connectivity index (χ1) is 16.8. The molecule has 0 radical (unpaired) electrons. The number of hydrogen-bond acceptors (Lipinski definition) is 6. The summed E-state index contributed by atoms with van der Waals surface area (Å²) in [6.45, 7) is 5.02. The number of ether oxygens (including phenoxy) is 1. The number of aromatic amines is 1. The first-order valence-corrected chi connectivity index (χ1v) is 11.0. The van der Waals surface area contributed by atoms with Crippen LogP contribution in [0.4, 0.5) is 4.39 Å². The predicted molar refractivity (Wildman–Crippen MR) is 125 cm³/mol. The van der Waals surface area contributed by atoms with Crippen LogP contribution in [0.15, 0.2) is 54.4 Å². The Hall–Kier alpha value is -4.27. The van der Waals surface area contributed by atoms with Crippen molar-refractivity contribution in [3.63, 3.8) is 0 Å². The molecule has 180 valence electrons. The molecule has 35 heavy (non-hydrogen) atoms. The van der Waals surface area contributed by atoms with Gasteiger partial charge < -0.3 is 19.7 Å². The highest BCUT2D eigenvalue weighted by atomic mass is 19.1. The number of halogens is 1. The normalized spacial score (nSPS) is 17.1. The lowest BCUT2D eigenvalue weighted by molar-refractivity contribution is -0.140. The summed E-state index contributed by atoms with van der Waals surface area (Å²) in [5, 5.41) is 11.4. The summed E-state index contributed by atoms with van der Waals surface area (Å²) in [7, 11) is 0. The summed E-state index contributed by atoms with van der Waals surface area (Å²) < 4.78 is 20.0. The second kappa shape index (κ2) is 9.54. The quantitative estimate of drug-likeness (QED) is 0.241. The summed E-state index contributed by atoms with van der Waals surface area (Å²) in [4.78, 5) is 46.8. The van der Waals surface area contributed by atoms with E-state index in [-0.39, 0.29) is 35.5 Å². The molecule has 1 atom stereocenters. The number of Topliss-reactive ketones (excluding diaryl/α,β-unsaturated/α-hetero) is 1. The summed E-state index contributed by atoms with van der Waals surface area (Å²) in [5.41, 5.74) is 1.50. The van der Waals surface area contributed by atoms with Crippen LogP contribution in [0.1, 0.15) is 51.4 Å². The van der Waals surface area contributed by atoms with Gasteiger partial charge in [-0.3, -0.25) is 14.6 Å². The van der Waals surface area contributed by atoms with E-state index in [9.17, 15) is 23.9 Å². The van der Waals surface area contributed by atoms with Crippen LogP contribution in [0.25, 0.3) is 5.76 Å². The fourth-order valence-electron chi connectivity index (χ4n) is 4.40. The van der Waals surface area contributed by atoms with Crippen LogP contribution >= 0.6 is 0 Å². The van der Waals surface area contributed by atoms with Gasteiger partial charge in [0.1, 0.15) is 17.3 Å².